The normalized spacial score (nSPS) is 11.8. The molecule has 37 heavy (non-hydrogen) atoms. The zero-order valence-electron chi connectivity index (χ0n) is 22.8. The van der Waals surface area contributed by atoms with Crippen molar-refractivity contribution in [2.24, 2.45) is 11.6 Å². The largest absolute Gasteiger partial charge is 0.401 e. The molecule has 12 heteroatoms. The molecular weight excluding hydrogens is 486 g/mol. The molecular formula is C25H51N3O9. The lowest BCUT2D eigenvalue weighted by Gasteiger charge is -2.15. The predicted molar refractivity (Wildman–Crippen MR) is 140 cm³/mol. The number of hydrogen-bond acceptors (Lipinski definition) is 12. The number of hydrogen-bond donors (Lipinski definition) is 2. The van der Waals surface area contributed by atoms with Crippen LogP contribution in [0.1, 0.15) is 32.6 Å². The highest BCUT2D eigenvalue weighted by Gasteiger charge is 1.98. The van der Waals surface area contributed by atoms with Crippen LogP contribution in [0.15, 0.2) is 11.9 Å². The molecule has 0 aliphatic rings. The number of hydrazine groups is 1. The van der Waals surface area contributed by atoms with E-state index in [1.807, 2.05) is 0 Å². The molecule has 0 rings (SSSR count). The molecule has 0 aromatic heterocycles. The Hall–Kier alpha value is -1.35. The van der Waals surface area contributed by atoms with Gasteiger partial charge in [-0.25, -0.2) is 5.84 Å². The van der Waals surface area contributed by atoms with Crippen molar-refractivity contribution < 1.29 is 42.7 Å². The molecule has 0 amide bonds. The van der Waals surface area contributed by atoms with Gasteiger partial charge in [0.15, 0.2) is 0 Å². The van der Waals surface area contributed by atoms with Crippen molar-refractivity contribution in [3.63, 3.8) is 0 Å². The molecule has 0 saturated heterocycles. The van der Waals surface area contributed by atoms with Crippen molar-refractivity contribution in [1.82, 2.24) is 5.01 Å². The van der Waals surface area contributed by atoms with E-state index < -0.39 is 0 Å². The smallest absolute Gasteiger partial charge is 0.122 e. The molecule has 0 atom stereocenters. The predicted octanol–water partition coefficient (Wildman–Crippen LogP) is 0.874. The van der Waals surface area contributed by atoms with E-state index in [1.165, 1.54) is 0 Å². The van der Waals surface area contributed by atoms with Gasteiger partial charge in [-0.3, -0.25) is 0 Å². The van der Waals surface area contributed by atoms with Crippen LogP contribution in [0, 0.1) is 0 Å². The number of unbranched alkanes of at least 4 members (excludes halogenated alkanes) is 1. The summed E-state index contributed by atoms with van der Waals surface area (Å²) < 4.78 is 43.2. The van der Waals surface area contributed by atoms with E-state index in [4.69, 9.17) is 49.5 Å². The van der Waals surface area contributed by atoms with Gasteiger partial charge in [0.05, 0.1) is 112 Å². The van der Waals surface area contributed by atoms with Crippen LogP contribution in [0.3, 0.4) is 0 Å². The number of carbonyl (C=O) groups is 1. The van der Waals surface area contributed by atoms with Crippen molar-refractivity contribution in [2.45, 2.75) is 32.6 Å². The van der Waals surface area contributed by atoms with E-state index in [0.717, 1.165) is 31.2 Å². The standard InChI is InChI=1S/C25H51N3O9/c1-2-3-5-25(26)24-28(27)6-9-31-11-13-33-15-17-35-19-21-37-23-22-36-20-18-34-16-14-32-12-10-30-8-4-7-29/h7,24H,2-6,8-23,26-27H2,1H3/b25-24-. The van der Waals surface area contributed by atoms with Gasteiger partial charge in [0.25, 0.3) is 0 Å². The van der Waals surface area contributed by atoms with Crippen molar-refractivity contribution in [1.29, 1.82) is 0 Å². The van der Waals surface area contributed by atoms with Crippen molar-refractivity contribution in [2.75, 3.05) is 112 Å². The van der Waals surface area contributed by atoms with Crippen molar-refractivity contribution in [3.05, 3.63) is 11.9 Å². The highest BCUT2D eigenvalue weighted by molar-refractivity contribution is 5.49. The molecule has 0 radical (unpaired) electrons. The SMILES string of the molecule is CCCC/C(N)=C/N(N)CCOCCOCCOCCOCCOCCOCCOCCOCCC=O. The molecule has 0 aromatic rings. The maximum Gasteiger partial charge on any atom is 0.122 e. The molecule has 0 aliphatic heterocycles. The number of nitrogens with zero attached hydrogens (tertiary/aromatic N) is 1. The number of rotatable bonds is 31. The molecule has 0 bridgehead atoms. The van der Waals surface area contributed by atoms with E-state index in [2.05, 4.69) is 6.92 Å². The van der Waals surface area contributed by atoms with E-state index in [1.54, 1.807) is 11.2 Å². The van der Waals surface area contributed by atoms with Gasteiger partial charge in [0.1, 0.15) is 6.29 Å². The first-order valence-corrected chi connectivity index (χ1v) is 13.2. The third-order valence-corrected chi connectivity index (χ3v) is 4.63. The Balaban J connectivity index is 3.15. The molecule has 12 nitrogen and oxygen atoms in total. The summed E-state index contributed by atoms with van der Waals surface area (Å²) >= 11 is 0. The molecule has 0 fully saturated rings. The highest BCUT2D eigenvalue weighted by atomic mass is 16.6. The number of aldehydes is 1. The van der Waals surface area contributed by atoms with Crippen LogP contribution in [0.25, 0.3) is 0 Å². The maximum atomic E-state index is 10.1. The quantitative estimate of drug-likeness (QED) is 0.0560. The van der Waals surface area contributed by atoms with Gasteiger partial charge in [0.2, 0.25) is 0 Å². The average molecular weight is 538 g/mol. The topological polar surface area (TPSA) is 146 Å². The average Bonchev–Trinajstić information content (AvgIpc) is 2.89. The van der Waals surface area contributed by atoms with Gasteiger partial charge in [-0.05, 0) is 12.8 Å². The van der Waals surface area contributed by atoms with Crippen LogP contribution in [0.5, 0.6) is 0 Å². The van der Waals surface area contributed by atoms with Crippen LogP contribution in [0.4, 0.5) is 0 Å². The zero-order valence-corrected chi connectivity index (χ0v) is 22.8. The number of allylic oxidation sites excluding steroid dienone is 1. The first-order valence-electron chi connectivity index (χ1n) is 13.2. The monoisotopic (exact) mass is 537 g/mol. The Morgan fingerprint density at radius 3 is 1.32 bits per heavy atom. The summed E-state index contributed by atoms with van der Waals surface area (Å²) in [4.78, 5) is 10.1. The molecule has 4 N–H and O–H groups in total. The first kappa shape index (κ1) is 35.6. The summed E-state index contributed by atoms with van der Waals surface area (Å²) in [5.41, 5.74) is 6.68. The van der Waals surface area contributed by atoms with Crippen LogP contribution >= 0.6 is 0 Å². The fourth-order valence-electron chi connectivity index (χ4n) is 2.67. The lowest BCUT2D eigenvalue weighted by Crippen LogP contribution is -2.30. The van der Waals surface area contributed by atoms with Crippen LogP contribution in [-0.4, -0.2) is 124 Å². The van der Waals surface area contributed by atoms with Crippen LogP contribution in [0.2, 0.25) is 0 Å². The van der Waals surface area contributed by atoms with E-state index in [9.17, 15) is 4.79 Å². The summed E-state index contributed by atoms with van der Waals surface area (Å²) in [6.07, 6.45) is 6.05. The molecule has 220 valence electrons. The fraction of sp³-hybridized carbons (Fsp3) is 0.880. The highest BCUT2D eigenvalue weighted by Crippen LogP contribution is 2.01. The minimum absolute atomic E-state index is 0.417. The summed E-state index contributed by atoms with van der Waals surface area (Å²) in [5.74, 6) is 5.86. The first-order chi connectivity index (χ1) is 18.2. The number of ether oxygens (including phenoxy) is 8. The molecule has 0 heterocycles. The molecule has 0 saturated carbocycles. The van der Waals surface area contributed by atoms with Gasteiger partial charge >= 0.3 is 0 Å². The van der Waals surface area contributed by atoms with Crippen LogP contribution in [-0.2, 0) is 42.7 Å². The third kappa shape index (κ3) is 30.8. The Morgan fingerprint density at radius 1 is 0.622 bits per heavy atom. The Morgan fingerprint density at radius 2 is 0.973 bits per heavy atom. The molecule has 0 unspecified atom stereocenters. The van der Waals surface area contributed by atoms with Gasteiger partial charge in [-0.15, -0.1) is 0 Å². The number of carbonyl (C=O) groups excluding carboxylic acids is 1. The summed E-state index contributed by atoms with van der Waals surface area (Å²) in [6.45, 7) is 10.7. The van der Waals surface area contributed by atoms with Crippen molar-refractivity contribution >= 4 is 6.29 Å². The third-order valence-electron chi connectivity index (χ3n) is 4.63. The van der Waals surface area contributed by atoms with Crippen molar-refractivity contribution in [3.8, 4) is 0 Å². The summed E-state index contributed by atoms with van der Waals surface area (Å²) in [6, 6.07) is 0. The maximum absolute atomic E-state index is 10.1. The summed E-state index contributed by atoms with van der Waals surface area (Å²) in [7, 11) is 0. The zero-order chi connectivity index (χ0) is 27.1. The lowest BCUT2D eigenvalue weighted by atomic mass is 10.2. The van der Waals surface area contributed by atoms with Gasteiger partial charge in [-0.2, -0.15) is 0 Å². The number of nitrogens with two attached hydrogens (primary N) is 2. The second-order valence-electron chi connectivity index (χ2n) is 7.90. The van der Waals surface area contributed by atoms with Gasteiger partial charge in [0, 0.05) is 18.3 Å². The Bertz CT molecular complexity index is 502. The minimum atomic E-state index is 0.417. The second-order valence-corrected chi connectivity index (χ2v) is 7.90. The lowest BCUT2D eigenvalue weighted by molar-refractivity contribution is -0.108. The van der Waals surface area contributed by atoms with Gasteiger partial charge in [-0.1, -0.05) is 13.3 Å². The van der Waals surface area contributed by atoms with Gasteiger partial charge < -0.3 is 53.4 Å². The molecule has 0 spiro atoms. The van der Waals surface area contributed by atoms with E-state index in [0.29, 0.717) is 119 Å². The minimum Gasteiger partial charge on any atom is -0.401 e. The molecule has 0 aromatic carbocycles. The van der Waals surface area contributed by atoms with Crippen LogP contribution < -0.4 is 11.6 Å². The Kier molecular flexibility index (Phi) is 29.7. The fourth-order valence-corrected chi connectivity index (χ4v) is 2.67. The van der Waals surface area contributed by atoms with E-state index >= 15 is 0 Å². The summed E-state index contributed by atoms with van der Waals surface area (Å²) in [5, 5.41) is 1.56. The van der Waals surface area contributed by atoms with E-state index in [-0.39, 0.29) is 0 Å². The second kappa shape index (κ2) is 30.9. The molecule has 0 aliphatic carbocycles. The Labute approximate surface area is 222 Å².